The predicted octanol–water partition coefficient (Wildman–Crippen LogP) is 0.969. The zero-order chi connectivity index (χ0) is 8.27. The van der Waals surface area contributed by atoms with E-state index in [1.807, 2.05) is 7.05 Å². The number of carbonyl (C=O) groups excluding carboxylic acids is 1. The number of hydrogen-bond acceptors (Lipinski definition) is 3. The van der Waals surface area contributed by atoms with Crippen molar-refractivity contribution in [2.45, 2.75) is 25.3 Å². The minimum atomic E-state index is -0.0530. The summed E-state index contributed by atoms with van der Waals surface area (Å²) in [6.45, 7) is 0. The molecule has 0 radical (unpaired) electrons. The van der Waals surface area contributed by atoms with Crippen LogP contribution in [0.15, 0.2) is 0 Å². The first kappa shape index (κ1) is 11.7. The van der Waals surface area contributed by atoms with E-state index in [-0.39, 0.29) is 24.3 Å². The maximum absolute atomic E-state index is 11.0. The van der Waals surface area contributed by atoms with Crippen LogP contribution in [0.5, 0.6) is 0 Å². The molecule has 2 atom stereocenters. The molecule has 0 aromatic heterocycles. The highest BCUT2D eigenvalue weighted by Crippen LogP contribution is 2.25. The largest absolute Gasteiger partial charge is 0.469 e. The van der Waals surface area contributed by atoms with Gasteiger partial charge in [-0.1, -0.05) is 0 Å². The van der Waals surface area contributed by atoms with Gasteiger partial charge in [0, 0.05) is 6.04 Å². The first-order valence-corrected chi connectivity index (χ1v) is 4.03. The summed E-state index contributed by atoms with van der Waals surface area (Å²) < 4.78 is 4.66. The molecule has 1 N–H and O–H groups in total. The number of rotatable bonds is 2. The number of nitrogens with one attached hydrogen (secondary N) is 1. The fourth-order valence-corrected chi connectivity index (χ4v) is 1.62. The Kier molecular flexibility index (Phi) is 5.25. The van der Waals surface area contributed by atoms with E-state index < -0.39 is 0 Å². The number of ether oxygens (including phenoxy) is 1. The molecule has 0 aromatic rings. The van der Waals surface area contributed by atoms with Gasteiger partial charge in [-0.05, 0) is 26.3 Å². The van der Waals surface area contributed by atoms with E-state index in [2.05, 4.69) is 10.1 Å². The smallest absolute Gasteiger partial charge is 0.308 e. The highest BCUT2D eigenvalue weighted by Gasteiger charge is 2.29. The molecular weight excluding hydrogens is 178 g/mol. The molecule has 0 aliphatic heterocycles. The van der Waals surface area contributed by atoms with E-state index in [0.29, 0.717) is 6.04 Å². The monoisotopic (exact) mass is 193 g/mol. The minimum Gasteiger partial charge on any atom is -0.469 e. The molecule has 72 valence electrons. The number of methoxy groups -OCH3 is 1. The van der Waals surface area contributed by atoms with Crippen LogP contribution >= 0.6 is 12.4 Å². The molecule has 4 heteroatoms. The summed E-state index contributed by atoms with van der Waals surface area (Å²) in [6, 6.07) is 0.513. The highest BCUT2D eigenvalue weighted by atomic mass is 35.5. The van der Waals surface area contributed by atoms with E-state index in [4.69, 9.17) is 0 Å². The summed E-state index contributed by atoms with van der Waals surface area (Å²) in [6.07, 6.45) is 3.00. The summed E-state index contributed by atoms with van der Waals surface area (Å²) in [5.41, 5.74) is 0. The maximum Gasteiger partial charge on any atom is 0.308 e. The van der Waals surface area contributed by atoms with Gasteiger partial charge < -0.3 is 10.1 Å². The van der Waals surface area contributed by atoms with Crippen LogP contribution < -0.4 is 5.32 Å². The van der Waals surface area contributed by atoms with Gasteiger partial charge in [0.15, 0.2) is 0 Å². The van der Waals surface area contributed by atoms with Crippen molar-refractivity contribution >= 4 is 18.4 Å². The van der Waals surface area contributed by atoms with Crippen LogP contribution in [0, 0.1) is 5.92 Å². The highest BCUT2D eigenvalue weighted by molar-refractivity contribution is 5.85. The van der Waals surface area contributed by atoms with Gasteiger partial charge in [0.05, 0.1) is 13.0 Å². The van der Waals surface area contributed by atoms with Crippen LogP contribution in [0.4, 0.5) is 0 Å². The third-order valence-electron chi connectivity index (χ3n) is 2.38. The first-order chi connectivity index (χ1) is 5.27. The SMILES string of the molecule is CNC1CCC(C(=O)OC)C1.Cl. The Balaban J connectivity index is 0.00000121. The Morgan fingerprint density at radius 3 is 2.58 bits per heavy atom. The predicted molar refractivity (Wildman–Crippen MR) is 49.5 cm³/mol. The molecule has 12 heavy (non-hydrogen) atoms. The van der Waals surface area contributed by atoms with Crippen molar-refractivity contribution in [3.05, 3.63) is 0 Å². The van der Waals surface area contributed by atoms with Gasteiger partial charge in [0.25, 0.3) is 0 Å². The minimum absolute atomic E-state index is 0. The fourth-order valence-electron chi connectivity index (χ4n) is 1.62. The summed E-state index contributed by atoms with van der Waals surface area (Å²) in [4.78, 5) is 11.0. The molecule has 0 bridgehead atoms. The molecule has 0 saturated heterocycles. The molecule has 3 nitrogen and oxygen atoms in total. The van der Waals surface area contributed by atoms with Gasteiger partial charge in [0.2, 0.25) is 0 Å². The third-order valence-corrected chi connectivity index (χ3v) is 2.38. The third kappa shape index (κ3) is 2.64. The Hall–Kier alpha value is -0.280. The lowest BCUT2D eigenvalue weighted by atomic mass is 10.1. The van der Waals surface area contributed by atoms with E-state index in [9.17, 15) is 4.79 Å². The number of halogens is 1. The molecule has 1 aliphatic carbocycles. The molecule has 0 amide bonds. The van der Waals surface area contributed by atoms with Crippen LogP contribution in [0.1, 0.15) is 19.3 Å². The van der Waals surface area contributed by atoms with Gasteiger partial charge in [-0.15, -0.1) is 12.4 Å². The molecular formula is C8H16ClNO2. The van der Waals surface area contributed by atoms with Crippen LogP contribution in [-0.2, 0) is 9.53 Å². The molecule has 0 heterocycles. The van der Waals surface area contributed by atoms with E-state index in [0.717, 1.165) is 19.3 Å². The quantitative estimate of drug-likeness (QED) is 0.665. The van der Waals surface area contributed by atoms with Crippen LogP contribution in [0.3, 0.4) is 0 Å². The lowest BCUT2D eigenvalue weighted by Crippen LogP contribution is -2.23. The van der Waals surface area contributed by atoms with Crippen molar-refractivity contribution in [2.75, 3.05) is 14.2 Å². The average molecular weight is 194 g/mol. The zero-order valence-electron chi connectivity index (χ0n) is 7.50. The molecule has 1 fully saturated rings. The molecule has 2 unspecified atom stereocenters. The molecule has 1 rings (SSSR count). The second-order valence-corrected chi connectivity index (χ2v) is 3.02. The van der Waals surface area contributed by atoms with Crippen molar-refractivity contribution < 1.29 is 9.53 Å². The number of carbonyl (C=O) groups is 1. The van der Waals surface area contributed by atoms with Crippen LogP contribution in [0.2, 0.25) is 0 Å². The lowest BCUT2D eigenvalue weighted by Gasteiger charge is -2.07. The van der Waals surface area contributed by atoms with Gasteiger partial charge in [-0.2, -0.15) is 0 Å². The Morgan fingerprint density at radius 2 is 2.17 bits per heavy atom. The summed E-state index contributed by atoms with van der Waals surface area (Å²) >= 11 is 0. The van der Waals surface area contributed by atoms with Crippen LogP contribution in [0.25, 0.3) is 0 Å². The zero-order valence-corrected chi connectivity index (χ0v) is 8.32. The normalized spacial score (nSPS) is 27.8. The summed E-state index contributed by atoms with van der Waals surface area (Å²) in [7, 11) is 3.39. The van der Waals surface area contributed by atoms with Gasteiger partial charge in [0.1, 0.15) is 0 Å². The standard InChI is InChI=1S/C8H15NO2.ClH/c1-9-7-4-3-6(5-7)8(10)11-2;/h6-7,9H,3-5H2,1-2H3;1H. The average Bonchev–Trinajstić information content (AvgIpc) is 2.50. The summed E-state index contributed by atoms with van der Waals surface area (Å²) in [5.74, 6) is 0.0835. The second kappa shape index (κ2) is 5.38. The molecule has 1 saturated carbocycles. The number of esters is 1. The van der Waals surface area contributed by atoms with Crippen LogP contribution in [-0.4, -0.2) is 26.2 Å². The molecule has 0 aromatic carbocycles. The van der Waals surface area contributed by atoms with Crippen molar-refractivity contribution in [1.29, 1.82) is 0 Å². The Bertz CT molecular complexity index is 152. The Morgan fingerprint density at radius 1 is 1.50 bits per heavy atom. The lowest BCUT2D eigenvalue weighted by molar-refractivity contribution is -0.145. The van der Waals surface area contributed by atoms with E-state index >= 15 is 0 Å². The van der Waals surface area contributed by atoms with E-state index in [1.165, 1.54) is 7.11 Å². The maximum atomic E-state index is 11.0. The Labute approximate surface area is 79.3 Å². The van der Waals surface area contributed by atoms with Gasteiger partial charge in [-0.3, -0.25) is 4.79 Å². The van der Waals surface area contributed by atoms with Crippen molar-refractivity contribution in [2.24, 2.45) is 5.92 Å². The van der Waals surface area contributed by atoms with Crippen molar-refractivity contribution in [3.8, 4) is 0 Å². The van der Waals surface area contributed by atoms with Crippen molar-refractivity contribution in [3.63, 3.8) is 0 Å². The summed E-state index contributed by atoms with van der Waals surface area (Å²) in [5, 5.41) is 3.17. The fraction of sp³-hybridized carbons (Fsp3) is 0.875. The molecule has 0 spiro atoms. The first-order valence-electron chi connectivity index (χ1n) is 4.03. The second-order valence-electron chi connectivity index (χ2n) is 3.02. The van der Waals surface area contributed by atoms with E-state index in [1.54, 1.807) is 0 Å². The van der Waals surface area contributed by atoms with Gasteiger partial charge >= 0.3 is 5.97 Å². The molecule has 1 aliphatic rings. The van der Waals surface area contributed by atoms with Crippen molar-refractivity contribution in [1.82, 2.24) is 5.32 Å². The number of hydrogen-bond donors (Lipinski definition) is 1. The topological polar surface area (TPSA) is 38.3 Å². The van der Waals surface area contributed by atoms with Gasteiger partial charge in [-0.25, -0.2) is 0 Å².